The van der Waals surface area contributed by atoms with Crippen LogP contribution in [0, 0.1) is 11.7 Å². The highest BCUT2D eigenvalue weighted by atomic mass is 35.5. The maximum absolute atomic E-state index is 13.3. The van der Waals surface area contributed by atoms with Crippen molar-refractivity contribution in [3.05, 3.63) is 52.8 Å². The van der Waals surface area contributed by atoms with Gasteiger partial charge in [0, 0.05) is 17.3 Å². The minimum absolute atomic E-state index is 0.105. The van der Waals surface area contributed by atoms with Crippen molar-refractivity contribution in [1.82, 2.24) is 5.32 Å². The van der Waals surface area contributed by atoms with Crippen molar-refractivity contribution < 1.29 is 23.5 Å². The molecule has 1 atom stereocenters. The minimum Gasteiger partial charge on any atom is -0.497 e. The Hall–Kier alpha value is -2.80. The van der Waals surface area contributed by atoms with Crippen LogP contribution in [0.2, 0.25) is 5.02 Å². The van der Waals surface area contributed by atoms with Gasteiger partial charge in [0.1, 0.15) is 23.4 Å². The summed E-state index contributed by atoms with van der Waals surface area (Å²) in [5.41, 5.74) is 0.624. The number of amides is 2. The maximum atomic E-state index is 13.3. The Bertz CT molecular complexity index is 851. The van der Waals surface area contributed by atoms with Crippen LogP contribution in [0.1, 0.15) is 24.2 Å². The number of carbonyl (C=O) groups is 2. The molecule has 2 N–H and O–H groups in total. The van der Waals surface area contributed by atoms with Crippen LogP contribution in [-0.2, 0) is 4.79 Å². The van der Waals surface area contributed by atoms with Crippen LogP contribution in [0.25, 0.3) is 0 Å². The molecule has 6 nitrogen and oxygen atoms in total. The summed E-state index contributed by atoms with van der Waals surface area (Å²) in [7, 11) is 2.96. The summed E-state index contributed by atoms with van der Waals surface area (Å²) in [6, 6.07) is 7.77. The van der Waals surface area contributed by atoms with Crippen LogP contribution in [0.5, 0.6) is 11.5 Å². The fourth-order valence-corrected chi connectivity index (χ4v) is 2.67. The molecule has 0 heterocycles. The summed E-state index contributed by atoms with van der Waals surface area (Å²) < 4.78 is 23.6. The van der Waals surface area contributed by atoms with Gasteiger partial charge in [-0.15, -0.1) is 0 Å². The SMILES string of the molecule is COc1cc(OC)cc(C(=O)N[C@@H](C(=O)Nc2ccc(F)c(Cl)c2)C(C)C)c1. The van der Waals surface area contributed by atoms with E-state index in [0.717, 1.165) is 6.07 Å². The zero-order valence-electron chi connectivity index (χ0n) is 16.0. The van der Waals surface area contributed by atoms with Gasteiger partial charge in [0.15, 0.2) is 0 Å². The molecule has 2 aromatic carbocycles. The lowest BCUT2D eigenvalue weighted by atomic mass is 10.0. The van der Waals surface area contributed by atoms with Crippen molar-refractivity contribution in [3.63, 3.8) is 0 Å². The normalized spacial score (nSPS) is 11.7. The van der Waals surface area contributed by atoms with Gasteiger partial charge in [0.25, 0.3) is 5.91 Å². The fourth-order valence-electron chi connectivity index (χ4n) is 2.49. The van der Waals surface area contributed by atoms with Crippen molar-refractivity contribution in [1.29, 1.82) is 0 Å². The van der Waals surface area contributed by atoms with E-state index in [4.69, 9.17) is 21.1 Å². The topological polar surface area (TPSA) is 76.7 Å². The van der Waals surface area contributed by atoms with E-state index in [-0.39, 0.29) is 10.9 Å². The summed E-state index contributed by atoms with van der Waals surface area (Å²) in [6.07, 6.45) is 0. The van der Waals surface area contributed by atoms with E-state index in [0.29, 0.717) is 22.7 Å². The Morgan fingerprint density at radius 2 is 1.64 bits per heavy atom. The Morgan fingerprint density at radius 3 is 2.14 bits per heavy atom. The van der Waals surface area contributed by atoms with Crippen molar-refractivity contribution in [2.24, 2.45) is 5.92 Å². The fraction of sp³-hybridized carbons (Fsp3) is 0.300. The summed E-state index contributed by atoms with van der Waals surface area (Å²) in [5, 5.41) is 5.25. The van der Waals surface area contributed by atoms with Crippen molar-refractivity contribution in [2.45, 2.75) is 19.9 Å². The monoisotopic (exact) mass is 408 g/mol. The minimum atomic E-state index is -0.825. The molecule has 0 spiro atoms. The van der Waals surface area contributed by atoms with Gasteiger partial charge in [-0.25, -0.2) is 4.39 Å². The summed E-state index contributed by atoms with van der Waals surface area (Å²) in [4.78, 5) is 25.3. The van der Waals surface area contributed by atoms with Gasteiger partial charge < -0.3 is 20.1 Å². The van der Waals surface area contributed by atoms with Crippen LogP contribution in [0.4, 0.5) is 10.1 Å². The van der Waals surface area contributed by atoms with Crippen molar-refractivity contribution in [3.8, 4) is 11.5 Å². The molecule has 0 unspecified atom stereocenters. The van der Waals surface area contributed by atoms with E-state index < -0.39 is 23.7 Å². The molecule has 0 fully saturated rings. The lowest BCUT2D eigenvalue weighted by Gasteiger charge is -2.22. The molecule has 0 radical (unpaired) electrons. The van der Waals surface area contributed by atoms with Crippen LogP contribution < -0.4 is 20.1 Å². The van der Waals surface area contributed by atoms with Crippen molar-refractivity contribution >= 4 is 29.1 Å². The predicted molar refractivity (Wildman–Crippen MR) is 106 cm³/mol. The highest BCUT2D eigenvalue weighted by molar-refractivity contribution is 6.31. The number of carbonyl (C=O) groups excluding carboxylic acids is 2. The van der Waals surface area contributed by atoms with Crippen LogP contribution in [0.15, 0.2) is 36.4 Å². The van der Waals surface area contributed by atoms with Gasteiger partial charge in [-0.1, -0.05) is 25.4 Å². The largest absolute Gasteiger partial charge is 0.497 e. The van der Waals surface area contributed by atoms with Crippen LogP contribution >= 0.6 is 11.6 Å². The molecule has 28 heavy (non-hydrogen) atoms. The molecular formula is C20H22ClFN2O4. The molecule has 0 aliphatic heterocycles. The van der Waals surface area contributed by atoms with E-state index in [1.807, 2.05) is 0 Å². The smallest absolute Gasteiger partial charge is 0.252 e. The number of anilines is 1. The number of ether oxygens (including phenoxy) is 2. The number of nitrogens with one attached hydrogen (secondary N) is 2. The summed E-state index contributed by atoms with van der Waals surface area (Å²) in [6.45, 7) is 3.60. The molecule has 0 aliphatic rings. The number of rotatable bonds is 7. The Labute approximate surface area is 168 Å². The Kier molecular flexibility index (Phi) is 7.23. The first-order valence-electron chi connectivity index (χ1n) is 8.55. The van der Waals surface area contributed by atoms with Gasteiger partial charge in [-0.3, -0.25) is 9.59 Å². The first-order valence-corrected chi connectivity index (χ1v) is 8.92. The summed E-state index contributed by atoms with van der Waals surface area (Å²) in [5.74, 6) is -0.774. The second-order valence-electron chi connectivity index (χ2n) is 6.41. The molecule has 0 saturated carbocycles. The number of hydrogen-bond acceptors (Lipinski definition) is 4. The molecule has 0 aromatic heterocycles. The van der Waals surface area contributed by atoms with Crippen LogP contribution in [-0.4, -0.2) is 32.1 Å². The first kappa shape index (κ1) is 21.5. The summed E-state index contributed by atoms with van der Waals surface area (Å²) >= 11 is 5.74. The van der Waals surface area contributed by atoms with Gasteiger partial charge in [0.2, 0.25) is 5.91 Å². The average Bonchev–Trinajstić information content (AvgIpc) is 2.67. The molecule has 0 aliphatic carbocycles. The maximum Gasteiger partial charge on any atom is 0.252 e. The molecule has 0 bridgehead atoms. The second-order valence-corrected chi connectivity index (χ2v) is 6.82. The molecular weight excluding hydrogens is 387 g/mol. The highest BCUT2D eigenvalue weighted by Crippen LogP contribution is 2.23. The first-order chi connectivity index (χ1) is 13.2. The lowest BCUT2D eigenvalue weighted by Crippen LogP contribution is -2.47. The van der Waals surface area contributed by atoms with Gasteiger partial charge in [0.05, 0.1) is 19.2 Å². The quantitative estimate of drug-likeness (QED) is 0.728. The standard InChI is InChI=1S/C20H22ClFN2O4/c1-11(2)18(20(26)23-13-5-6-17(22)16(21)9-13)24-19(25)12-7-14(27-3)10-15(8-12)28-4/h5-11,18H,1-4H3,(H,23,26)(H,24,25)/t18-/m1/s1. The third-order valence-corrected chi connectivity index (χ3v) is 4.33. The molecule has 2 amide bonds. The van der Waals surface area contributed by atoms with Gasteiger partial charge >= 0.3 is 0 Å². The molecule has 2 aromatic rings. The third-order valence-electron chi connectivity index (χ3n) is 4.04. The third kappa shape index (κ3) is 5.36. The van der Waals surface area contributed by atoms with E-state index >= 15 is 0 Å². The van der Waals surface area contributed by atoms with E-state index in [2.05, 4.69) is 10.6 Å². The number of hydrogen-bond donors (Lipinski definition) is 2. The van der Waals surface area contributed by atoms with E-state index in [1.54, 1.807) is 32.0 Å². The zero-order chi connectivity index (χ0) is 20.8. The molecule has 8 heteroatoms. The number of methoxy groups -OCH3 is 2. The highest BCUT2D eigenvalue weighted by Gasteiger charge is 2.25. The Morgan fingerprint density at radius 1 is 1.04 bits per heavy atom. The second kappa shape index (κ2) is 9.41. The number of benzene rings is 2. The van der Waals surface area contributed by atoms with E-state index in [9.17, 15) is 14.0 Å². The molecule has 0 saturated heterocycles. The van der Waals surface area contributed by atoms with Gasteiger partial charge in [-0.05, 0) is 36.2 Å². The van der Waals surface area contributed by atoms with E-state index in [1.165, 1.54) is 26.4 Å². The Balaban J connectivity index is 2.18. The van der Waals surface area contributed by atoms with Crippen LogP contribution in [0.3, 0.4) is 0 Å². The van der Waals surface area contributed by atoms with Gasteiger partial charge in [-0.2, -0.15) is 0 Å². The lowest BCUT2D eigenvalue weighted by molar-refractivity contribution is -0.118. The molecule has 150 valence electrons. The zero-order valence-corrected chi connectivity index (χ0v) is 16.8. The average molecular weight is 409 g/mol. The van der Waals surface area contributed by atoms with Crippen molar-refractivity contribution in [2.75, 3.05) is 19.5 Å². The molecule has 2 rings (SSSR count). The predicted octanol–water partition coefficient (Wildman–Crippen LogP) is 3.89. The number of halogens is 2.